The molecule has 4 nitrogen and oxygen atoms in total. The minimum Gasteiger partial charge on any atom is -0.493 e. The molecule has 5 heteroatoms. The summed E-state index contributed by atoms with van der Waals surface area (Å²) in [6.07, 6.45) is 1.18. The van der Waals surface area contributed by atoms with Crippen LogP contribution in [0.4, 0.5) is 0 Å². The van der Waals surface area contributed by atoms with Crippen LogP contribution < -0.4 is 14.8 Å². The van der Waals surface area contributed by atoms with Gasteiger partial charge in [-0.25, -0.2) is 0 Å². The van der Waals surface area contributed by atoms with Crippen molar-refractivity contribution in [3.8, 4) is 11.5 Å². The summed E-state index contributed by atoms with van der Waals surface area (Å²) in [5.74, 6) is 1.53. The second kappa shape index (κ2) is 10.0. The van der Waals surface area contributed by atoms with Crippen LogP contribution in [0.5, 0.6) is 11.5 Å². The zero-order valence-corrected chi connectivity index (χ0v) is 15.0. The molecule has 0 aliphatic carbocycles. The van der Waals surface area contributed by atoms with Gasteiger partial charge in [-0.05, 0) is 53.9 Å². The second-order valence-electron chi connectivity index (χ2n) is 4.85. The molecule has 1 N–H and O–H groups in total. The summed E-state index contributed by atoms with van der Waals surface area (Å²) in [7, 11) is 1.66. The normalized spacial score (nSPS) is 12.2. The second-order valence-corrected chi connectivity index (χ2v) is 5.71. The van der Waals surface area contributed by atoms with E-state index in [1.54, 1.807) is 7.11 Å². The van der Waals surface area contributed by atoms with Gasteiger partial charge in [0.25, 0.3) is 0 Å². The molecular formula is C16H26BrNO3. The lowest BCUT2D eigenvalue weighted by molar-refractivity contribution is 0.0759. The molecule has 0 saturated carbocycles. The Morgan fingerprint density at radius 1 is 1.29 bits per heavy atom. The largest absolute Gasteiger partial charge is 0.493 e. The average molecular weight is 360 g/mol. The van der Waals surface area contributed by atoms with Crippen molar-refractivity contribution >= 4 is 15.9 Å². The van der Waals surface area contributed by atoms with Gasteiger partial charge in [0, 0.05) is 19.7 Å². The summed E-state index contributed by atoms with van der Waals surface area (Å²) >= 11 is 3.56. The minimum atomic E-state index is 0.215. The fourth-order valence-corrected chi connectivity index (χ4v) is 2.59. The van der Waals surface area contributed by atoms with Crippen molar-refractivity contribution in [3.63, 3.8) is 0 Å². The number of rotatable bonds is 10. The maximum absolute atomic E-state index is 5.73. The Balaban J connectivity index is 2.65. The molecule has 1 unspecified atom stereocenters. The number of hydrogen-bond donors (Lipinski definition) is 1. The Kier molecular flexibility index (Phi) is 8.73. The van der Waals surface area contributed by atoms with Crippen LogP contribution in [0.2, 0.25) is 0 Å². The van der Waals surface area contributed by atoms with Crippen LogP contribution in [-0.2, 0) is 11.3 Å². The van der Waals surface area contributed by atoms with Crippen molar-refractivity contribution in [2.24, 2.45) is 0 Å². The molecule has 1 aromatic rings. The lowest BCUT2D eigenvalue weighted by Gasteiger charge is -2.15. The Morgan fingerprint density at radius 3 is 2.67 bits per heavy atom. The van der Waals surface area contributed by atoms with Gasteiger partial charge in [0.15, 0.2) is 11.5 Å². The van der Waals surface area contributed by atoms with Crippen LogP contribution in [0.1, 0.15) is 32.8 Å². The van der Waals surface area contributed by atoms with E-state index in [0.29, 0.717) is 6.61 Å². The van der Waals surface area contributed by atoms with E-state index in [4.69, 9.17) is 14.2 Å². The van der Waals surface area contributed by atoms with Gasteiger partial charge in [0.05, 0.1) is 24.3 Å². The molecule has 1 rings (SSSR count). The van der Waals surface area contributed by atoms with Crippen LogP contribution in [0.3, 0.4) is 0 Å². The first kappa shape index (κ1) is 18.3. The van der Waals surface area contributed by atoms with Crippen LogP contribution in [-0.4, -0.2) is 33.0 Å². The average Bonchev–Trinajstić information content (AvgIpc) is 2.46. The molecule has 0 spiro atoms. The first-order valence-corrected chi connectivity index (χ1v) is 8.23. The van der Waals surface area contributed by atoms with E-state index in [-0.39, 0.29) is 6.10 Å². The van der Waals surface area contributed by atoms with Crippen molar-refractivity contribution in [2.45, 2.75) is 39.8 Å². The van der Waals surface area contributed by atoms with Gasteiger partial charge in [0.1, 0.15) is 0 Å². The number of nitrogens with one attached hydrogen (secondary N) is 1. The third kappa shape index (κ3) is 6.24. The Hall–Kier alpha value is -0.780. The van der Waals surface area contributed by atoms with Crippen LogP contribution in [0.15, 0.2) is 16.6 Å². The molecule has 1 atom stereocenters. The Morgan fingerprint density at radius 2 is 2.05 bits per heavy atom. The fraction of sp³-hybridized carbons (Fsp3) is 0.625. The summed E-state index contributed by atoms with van der Waals surface area (Å²) in [6, 6.07) is 4.07. The van der Waals surface area contributed by atoms with Gasteiger partial charge >= 0.3 is 0 Å². The first-order chi connectivity index (χ1) is 10.1. The molecule has 0 amide bonds. The highest BCUT2D eigenvalue weighted by atomic mass is 79.9. The number of halogens is 1. The van der Waals surface area contributed by atoms with Gasteiger partial charge in [-0.1, -0.05) is 6.92 Å². The number of ether oxygens (including phenoxy) is 3. The number of benzene rings is 1. The van der Waals surface area contributed by atoms with Crippen molar-refractivity contribution in [1.82, 2.24) is 5.32 Å². The molecule has 0 heterocycles. The van der Waals surface area contributed by atoms with Crippen LogP contribution in [0, 0.1) is 0 Å². The summed E-state index contributed by atoms with van der Waals surface area (Å²) in [6.45, 7) is 9.16. The smallest absolute Gasteiger partial charge is 0.175 e. The molecular weight excluding hydrogens is 334 g/mol. The third-order valence-corrected chi connectivity index (χ3v) is 3.54. The van der Waals surface area contributed by atoms with Crippen molar-refractivity contribution < 1.29 is 14.2 Å². The summed E-state index contributed by atoms with van der Waals surface area (Å²) in [5, 5.41) is 3.39. The SMILES string of the molecule is CCCOc1c(Br)cc(CNCC(C)OCC)cc1OC. The van der Waals surface area contributed by atoms with E-state index in [1.807, 2.05) is 13.0 Å². The van der Waals surface area contributed by atoms with E-state index in [2.05, 4.69) is 41.2 Å². The molecule has 0 aliphatic rings. The first-order valence-electron chi connectivity index (χ1n) is 7.43. The third-order valence-electron chi connectivity index (χ3n) is 2.95. The quantitative estimate of drug-likeness (QED) is 0.690. The van der Waals surface area contributed by atoms with E-state index in [9.17, 15) is 0 Å². The molecule has 120 valence electrons. The molecule has 0 bridgehead atoms. The maximum atomic E-state index is 5.73. The lowest BCUT2D eigenvalue weighted by atomic mass is 10.2. The Bertz CT molecular complexity index is 426. The molecule has 0 fully saturated rings. The zero-order valence-electron chi connectivity index (χ0n) is 13.4. The van der Waals surface area contributed by atoms with E-state index < -0.39 is 0 Å². The highest BCUT2D eigenvalue weighted by Gasteiger charge is 2.11. The standard InChI is InChI=1S/C16H26BrNO3/c1-5-7-21-16-14(17)8-13(9-15(16)19-4)11-18-10-12(3)20-6-2/h8-9,12,18H,5-7,10-11H2,1-4H3. The maximum Gasteiger partial charge on any atom is 0.175 e. The molecule has 21 heavy (non-hydrogen) atoms. The summed E-state index contributed by atoms with van der Waals surface area (Å²) in [4.78, 5) is 0. The number of methoxy groups -OCH3 is 1. The highest BCUT2D eigenvalue weighted by molar-refractivity contribution is 9.10. The van der Waals surface area contributed by atoms with Crippen molar-refractivity contribution in [2.75, 3.05) is 26.9 Å². The lowest BCUT2D eigenvalue weighted by Crippen LogP contribution is -2.26. The topological polar surface area (TPSA) is 39.7 Å². The van der Waals surface area contributed by atoms with Gasteiger partial charge in [-0.2, -0.15) is 0 Å². The monoisotopic (exact) mass is 359 g/mol. The molecule has 0 aliphatic heterocycles. The molecule has 0 saturated heterocycles. The molecule has 0 radical (unpaired) electrons. The predicted molar refractivity (Wildman–Crippen MR) is 89.3 cm³/mol. The molecule has 1 aromatic carbocycles. The Labute approximate surface area is 136 Å². The van der Waals surface area contributed by atoms with Crippen molar-refractivity contribution in [1.29, 1.82) is 0 Å². The number of hydrogen-bond acceptors (Lipinski definition) is 4. The van der Waals surface area contributed by atoms with E-state index in [0.717, 1.165) is 47.7 Å². The van der Waals surface area contributed by atoms with Crippen molar-refractivity contribution in [3.05, 3.63) is 22.2 Å². The van der Waals surface area contributed by atoms with Crippen LogP contribution >= 0.6 is 15.9 Å². The summed E-state index contributed by atoms with van der Waals surface area (Å²) in [5.41, 5.74) is 1.14. The predicted octanol–water partition coefficient (Wildman–Crippen LogP) is 3.76. The highest BCUT2D eigenvalue weighted by Crippen LogP contribution is 2.36. The van der Waals surface area contributed by atoms with Gasteiger partial charge in [0.2, 0.25) is 0 Å². The molecule has 0 aromatic heterocycles. The zero-order chi connectivity index (χ0) is 15.7. The van der Waals surface area contributed by atoms with Crippen LogP contribution in [0.25, 0.3) is 0 Å². The van der Waals surface area contributed by atoms with Gasteiger partial charge in [-0.15, -0.1) is 0 Å². The van der Waals surface area contributed by atoms with Gasteiger partial charge < -0.3 is 19.5 Å². The van der Waals surface area contributed by atoms with Gasteiger partial charge in [-0.3, -0.25) is 0 Å². The summed E-state index contributed by atoms with van der Waals surface area (Å²) < 4.78 is 17.6. The van der Waals surface area contributed by atoms with E-state index in [1.165, 1.54) is 0 Å². The minimum absolute atomic E-state index is 0.215. The van der Waals surface area contributed by atoms with E-state index >= 15 is 0 Å². The fourth-order valence-electron chi connectivity index (χ4n) is 1.98.